The molecule has 20 heavy (non-hydrogen) atoms. The SMILES string of the molecule is CNc1nc2sccn2c1S(=O)(=O)NCCNC(C)=O. The lowest BCUT2D eigenvalue weighted by atomic mass is 10.6. The Morgan fingerprint density at radius 3 is 2.85 bits per heavy atom. The van der Waals surface area contributed by atoms with Crippen molar-refractivity contribution in [3.63, 3.8) is 0 Å². The fourth-order valence-electron chi connectivity index (χ4n) is 1.68. The molecule has 0 saturated heterocycles. The monoisotopic (exact) mass is 317 g/mol. The van der Waals surface area contributed by atoms with E-state index >= 15 is 0 Å². The predicted octanol–water partition coefficient (Wildman–Crippen LogP) is -0.148. The van der Waals surface area contributed by atoms with E-state index in [9.17, 15) is 13.2 Å². The van der Waals surface area contributed by atoms with Crippen molar-refractivity contribution in [3.05, 3.63) is 11.6 Å². The van der Waals surface area contributed by atoms with E-state index in [0.717, 1.165) is 0 Å². The standard InChI is InChI=1S/C10H15N5O3S2/c1-7(16)12-3-4-13-20(17,18)9-8(11-2)14-10-15(9)5-6-19-10/h5-6,11,13H,3-4H2,1-2H3,(H,12,16). The average molecular weight is 317 g/mol. The molecule has 0 aliphatic heterocycles. The molecule has 0 bridgehead atoms. The number of sulfonamides is 1. The minimum absolute atomic E-state index is 0.0686. The Balaban J connectivity index is 2.22. The highest BCUT2D eigenvalue weighted by molar-refractivity contribution is 7.89. The Bertz CT molecular complexity index is 718. The first-order valence-electron chi connectivity index (χ1n) is 5.83. The number of imidazole rings is 1. The van der Waals surface area contributed by atoms with Crippen molar-refractivity contribution in [2.45, 2.75) is 11.9 Å². The van der Waals surface area contributed by atoms with E-state index in [2.05, 4.69) is 20.3 Å². The smallest absolute Gasteiger partial charge is 0.260 e. The number of amides is 1. The molecule has 0 radical (unpaired) electrons. The van der Waals surface area contributed by atoms with Crippen LogP contribution in [0.2, 0.25) is 0 Å². The molecule has 0 unspecified atom stereocenters. The van der Waals surface area contributed by atoms with Crippen molar-refractivity contribution in [1.82, 2.24) is 19.4 Å². The van der Waals surface area contributed by atoms with Crippen molar-refractivity contribution in [3.8, 4) is 0 Å². The summed E-state index contributed by atoms with van der Waals surface area (Å²) >= 11 is 1.35. The Kier molecular flexibility index (Phi) is 4.26. The Morgan fingerprint density at radius 1 is 1.45 bits per heavy atom. The van der Waals surface area contributed by atoms with E-state index in [-0.39, 0.29) is 24.0 Å². The summed E-state index contributed by atoms with van der Waals surface area (Å²) in [5.41, 5.74) is 0. The van der Waals surface area contributed by atoms with Gasteiger partial charge in [-0.05, 0) is 0 Å². The third-order valence-electron chi connectivity index (χ3n) is 2.50. The topological polar surface area (TPSA) is 105 Å². The van der Waals surface area contributed by atoms with Crippen LogP contribution in [0.3, 0.4) is 0 Å². The summed E-state index contributed by atoms with van der Waals surface area (Å²) in [7, 11) is -2.10. The van der Waals surface area contributed by atoms with Gasteiger partial charge in [-0.2, -0.15) is 0 Å². The summed E-state index contributed by atoms with van der Waals surface area (Å²) in [5.74, 6) is 0.0913. The molecule has 0 saturated carbocycles. The number of rotatable bonds is 6. The largest absolute Gasteiger partial charge is 0.371 e. The van der Waals surface area contributed by atoms with E-state index < -0.39 is 10.0 Å². The van der Waals surface area contributed by atoms with Gasteiger partial charge in [0.2, 0.25) is 5.91 Å². The number of hydrogen-bond donors (Lipinski definition) is 3. The van der Waals surface area contributed by atoms with Gasteiger partial charge in [0.1, 0.15) is 0 Å². The molecule has 1 amide bonds. The van der Waals surface area contributed by atoms with E-state index in [0.29, 0.717) is 10.8 Å². The summed E-state index contributed by atoms with van der Waals surface area (Å²) in [6, 6.07) is 0. The van der Waals surface area contributed by atoms with Crippen LogP contribution in [-0.4, -0.2) is 43.8 Å². The maximum absolute atomic E-state index is 12.3. The minimum atomic E-state index is -3.71. The zero-order chi connectivity index (χ0) is 14.8. The predicted molar refractivity (Wildman–Crippen MR) is 76.5 cm³/mol. The molecule has 0 aliphatic carbocycles. The summed E-state index contributed by atoms with van der Waals surface area (Å²) < 4.78 is 28.6. The second-order valence-electron chi connectivity index (χ2n) is 3.95. The number of nitrogens with one attached hydrogen (secondary N) is 3. The summed E-state index contributed by atoms with van der Waals surface area (Å²) in [4.78, 5) is 15.5. The fourth-order valence-corrected chi connectivity index (χ4v) is 3.76. The van der Waals surface area contributed by atoms with Crippen LogP contribution < -0.4 is 15.4 Å². The average Bonchev–Trinajstić information content (AvgIpc) is 2.93. The molecule has 2 aromatic rings. The molecule has 2 aromatic heterocycles. The van der Waals surface area contributed by atoms with Crippen LogP contribution in [0.15, 0.2) is 16.6 Å². The van der Waals surface area contributed by atoms with E-state index in [1.54, 1.807) is 18.6 Å². The van der Waals surface area contributed by atoms with Gasteiger partial charge in [-0.15, -0.1) is 11.3 Å². The molecule has 0 fully saturated rings. The summed E-state index contributed by atoms with van der Waals surface area (Å²) in [6.45, 7) is 1.72. The highest BCUT2D eigenvalue weighted by Gasteiger charge is 2.24. The van der Waals surface area contributed by atoms with Gasteiger partial charge in [0.25, 0.3) is 10.0 Å². The van der Waals surface area contributed by atoms with Gasteiger partial charge in [0.05, 0.1) is 0 Å². The lowest BCUT2D eigenvalue weighted by molar-refractivity contribution is -0.118. The first-order valence-corrected chi connectivity index (χ1v) is 8.19. The number of fused-ring (bicyclic) bond motifs is 1. The molecular formula is C10H15N5O3S2. The number of anilines is 1. The maximum Gasteiger partial charge on any atom is 0.260 e. The zero-order valence-corrected chi connectivity index (χ0v) is 12.6. The second kappa shape index (κ2) is 5.77. The van der Waals surface area contributed by atoms with Gasteiger partial charge in [0, 0.05) is 38.6 Å². The lowest BCUT2D eigenvalue weighted by Crippen LogP contribution is -2.34. The van der Waals surface area contributed by atoms with Gasteiger partial charge in [-0.25, -0.2) is 18.1 Å². The van der Waals surface area contributed by atoms with E-state index in [4.69, 9.17) is 0 Å². The van der Waals surface area contributed by atoms with Crippen molar-refractivity contribution in [2.24, 2.45) is 0 Å². The van der Waals surface area contributed by atoms with Crippen LogP contribution in [0.25, 0.3) is 4.96 Å². The third kappa shape index (κ3) is 2.92. The zero-order valence-electron chi connectivity index (χ0n) is 11.0. The maximum atomic E-state index is 12.3. The number of thiazole rings is 1. The van der Waals surface area contributed by atoms with Crippen LogP contribution >= 0.6 is 11.3 Å². The normalized spacial score (nSPS) is 11.7. The fraction of sp³-hybridized carbons (Fsp3) is 0.400. The van der Waals surface area contributed by atoms with Gasteiger partial charge in [-0.3, -0.25) is 9.20 Å². The van der Waals surface area contributed by atoms with Crippen LogP contribution in [0.4, 0.5) is 5.82 Å². The number of carbonyl (C=O) groups is 1. The Hall–Kier alpha value is -1.65. The van der Waals surface area contributed by atoms with Crippen LogP contribution in [-0.2, 0) is 14.8 Å². The first-order chi connectivity index (χ1) is 9.45. The summed E-state index contributed by atoms with van der Waals surface area (Å²) in [5, 5.41) is 7.12. The van der Waals surface area contributed by atoms with Crippen molar-refractivity contribution >= 4 is 38.0 Å². The van der Waals surface area contributed by atoms with Crippen LogP contribution in [0, 0.1) is 0 Å². The van der Waals surface area contributed by atoms with Crippen molar-refractivity contribution in [2.75, 3.05) is 25.5 Å². The first kappa shape index (κ1) is 14.8. The highest BCUT2D eigenvalue weighted by atomic mass is 32.2. The van der Waals surface area contributed by atoms with Crippen molar-refractivity contribution < 1.29 is 13.2 Å². The minimum Gasteiger partial charge on any atom is -0.371 e. The molecule has 0 spiro atoms. The van der Waals surface area contributed by atoms with Gasteiger partial charge in [0.15, 0.2) is 15.8 Å². The molecule has 2 rings (SSSR count). The van der Waals surface area contributed by atoms with Gasteiger partial charge in [-0.1, -0.05) is 0 Å². The number of nitrogens with zero attached hydrogens (tertiary/aromatic N) is 2. The third-order valence-corrected chi connectivity index (χ3v) is 4.74. The Labute approximate surface area is 120 Å². The van der Waals surface area contributed by atoms with Gasteiger partial charge < -0.3 is 10.6 Å². The number of hydrogen-bond acceptors (Lipinski definition) is 6. The van der Waals surface area contributed by atoms with Crippen LogP contribution in [0.5, 0.6) is 0 Å². The molecule has 0 aromatic carbocycles. The van der Waals surface area contributed by atoms with Gasteiger partial charge >= 0.3 is 0 Å². The lowest BCUT2D eigenvalue weighted by Gasteiger charge is -2.07. The quantitative estimate of drug-likeness (QED) is 0.643. The number of carbonyl (C=O) groups excluding carboxylic acids is 1. The summed E-state index contributed by atoms with van der Waals surface area (Å²) in [6.07, 6.45) is 1.65. The molecular weight excluding hydrogens is 302 g/mol. The molecule has 8 nitrogen and oxygen atoms in total. The molecule has 2 heterocycles. The molecule has 3 N–H and O–H groups in total. The molecule has 0 atom stereocenters. The molecule has 0 aliphatic rings. The molecule has 10 heteroatoms. The second-order valence-corrected chi connectivity index (χ2v) is 6.51. The highest BCUT2D eigenvalue weighted by Crippen LogP contribution is 2.24. The van der Waals surface area contributed by atoms with Crippen molar-refractivity contribution in [1.29, 1.82) is 0 Å². The Morgan fingerprint density at radius 2 is 2.20 bits per heavy atom. The molecule has 110 valence electrons. The van der Waals surface area contributed by atoms with E-state index in [1.807, 2.05) is 0 Å². The van der Waals surface area contributed by atoms with E-state index in [1.165, 1.54) is 22.7 Å². The van der Waals surface area contributed by atoms with Crippen LogP contribution in [0.1, 0.15) is 6.92 Å². The number of aromatic nitrogens is 2.